The van der Waals surface area contributed by atoms with Crippen molar-refractivity contribution < 1.29 is 9.59 Å². The predicted octanol–water partition coefficient (Wildman–Crippen LogP) is 2.61. The molecular weight excluding hydrogens is 340 g/mol. The molecule has 2 aliphatic rings. The van der Waals surface area contributed by atoms with E-state index in [4.69, 9.17) is 5.26 Å². The molecule has 27 heavy (non-hydrogen) atoms. The van der Waals surface area contributed by atoms with Gasteiger partial charge in [-0.05, 0) is 57.0 Å². The first-order chi connectivity index (χ1) is 13.2. The van der Waals surface area contributed by atoms with E-state index in [9.17, 15) is 9.59 Å². The lowest BCUT2D eigenvalue weighted by molar-refractivity contribution is -0.137. The maximum absolute atomic E-state index is 12.7. The zero-order chi connectivity index (χ0) is 19.1. The predicted molar refractivity (Wildman–Crippen MR) is 104 cm³/mol. The van der Waals surface area contributed by atoms with Gasteiger partial charge in [0.05, 0.1) is 18.2 Å². The Bertz CT molecular complexity index is 696. The lowest BCUT2D eigenvalue weighted by Gasteiger charge is -2.33. The third-order valence-corrected chi connectivity index (χ3v) is 5.50. The fourth-order valence-corrected chi connectivity index (χ4v) is 3.96. The first-order valence-electron chi connectivity index (χ1n) is 9.97. The van der Waals surface area contributed by atoms with Crippen molar-refractivity contribution in [2.45, 2.75) is 38.5 Å². The van der Waals surface area contributed by atoms with Gasteiger partial charge in [-0.3, -0.25) is 14.5 Å². The molecule has 2 amide bonds. The Hall–Kier alpha value is -2.39. The molecule has 0 aromatic heterocycles. The standard InChI is InChI=1S/C21H28N4O2/c22-15-17-6-5-7-19(14-17)23-20(26)16-24-12-8-18(9-13-24)21(27)25-10-3-1-2-4-11-25/h5-7,14,18H,1-4,8-13,16H2,(H,23,26). The van der Waals surface area contributed by atoms with Crippen LogP contribution in [0, 0.1) is 17.2 Å². The van der Waals surface area contributed by atoms with Gasteiger partial charge in [0, 0.05) is 24.7 Å². The van der Waals surface area contributed by atoms with E-state index in [-0.39, 0.29) is 11.8 Å². The molecular formula is C21H28N4O2. The molecule has 6 heteroatoms. The lowest BCUT2D eigenvalue weighted by Crippen LogP contribution is -2.44. The molecule has 144 valence electrons. The number of hydrogen-bond donors (Lipinski definition) is 1. The SMILES string of the molecule is N#Cc1cccc(NC(=O)CN2CCC(C(=O)N3CCCCCC3)CC2)c1. The third-order valence-electron chi connectivity index (χ3n) is 5.50. The van der Waals surface area contributed by atoms with E-state index in [1.54, 1.807) is 24.3 Å². The minimum absolute atomic E-state index is 0.0811. The summed E-state index contributed by atoms with van der Waals surface area (Å²) in [6.07, 6.45) is 6.36. The molecule has 0 bridgehead atoms. The summed E-state index contributed by atoms with van der Waals surface area (Å²) in [5, 5.41) is 11.8. The van der Waals surface area contributed by atoms with Crippen molar-refractivity contribution >= 4 is 17.5 Å². The fraction of sp³-hybridized carbons (Fsp3) is 0.571. The molecule has 0 saturated carbocycles. The van der Waals surface area contributed by atoms with E-state index in [1.165, 1.54) is 12.8 Å². The second-order valence-electron chi connectivity index (χ2n) is 7.53. The number of likely N-dealkylation sites (tertiary alicyclic amines) is 2. The molecule has 0 atom stereocenters. The molecule has 6 nitrogen and oxygen atoms in total. The minimum atomic E-state index is -0.0811. The van der Waals surface area contributed by atoms with Crippen LogP contribution in [-0.4, -0.2) is 54.3 Å². The summed E-state index contributed by atoms with van der Waals surface area (Å²) < 4.78 is 0. The Morgan fingerprint density at radius 3 is 2.44 bits per heavy atom. The molecule has 1 aromatic rings. The van der Waals surface area contributed by atoms with Gasteiger partial charge < -0.3 is 10.2 Å². The molecule has 2 heterocycles. The van der Waals surface area contributed by atoms with E-state index in [2.05, 4.69) is 21.2 Å². The monoisotopic (exact) mass is 368 g/mol. The van der Waals surface area contributed by atoms with Crippen molar-refractivity contribution in [3.63, 3.8) is 0 Å². The summed E-state index contributed by atoms with van der Waals surface area (Å²) >= 11 is 0. The molecule has 1 aromatic carbocycles. The molecule has 0 aliphatic carbocycles. The summed E-state index contributed by atoms with van der Waals surface area (Å²) in [5.74, 6) is 0.339. The molecule has 0 unspecified atom stereocenters. The molecule has 3 rings (SSSR count). The Kier molecular flexibility index (Phi) is 6.83. The Morgan fingerprint density at radius 2 is 1.78 bits per heavy atom. The number of nitrogens with zero attached hydrogens (tertiary/aromatic N) is 3. The highest BCUT2D eigenvalue weighted by Gasteiger charge is 2.29. The van der Waals surface area contributed by atoms with Crippen molar-refractivity contribution in [2.24, 2.45) is 5.92 Å². The second-order valence-corrected chi connectivity index (χ2v) is 7.53. The van der Waals surface area contributed by atoms with Gasteiger partial charge in [-0.15, -0.1) is 0 Å². The van der Waals surface area contributed by atoms with Gasteiger partial charge in [0.2, 0.25) is 11.8 Å². The van der Waals surface area contributed by atoms with Crippen molar-refractivity contribution in [2.75, 3.05) is 38.0 Å². The van der Waals surface area contributed by atoms with Gasteiger partial charge >= 0.3 is 0 Å². The van der Waals surface area contributed by atoms with Crippen LogP contribution in [0.5, 0.6) is 0 Å². The van der Waals surface area contributed by atoms with Crippen LogP contribution < -0.4 is 5.32 Å². The summed E-state index contributed by atoms with van der Waals surface area (Å²) in [6.45, 7) is 3.68. The van der Waals surface area contributed by atoms with Gasteiger partial charge in [-0.1, -0.05) is 18.9 Å². The number of piperidine rings is 1. The number of anilines is 1. The number of nitrogens with one attached hydrogen (secondary N) is 1. The first kappa shape index (κ1) is 19.4. The third kappa shape index (κ3) is 5.54. The van der Waals surface area contributed by atoms with Crippen LogP contribution >= 0.6 is 0 Å². The molecule has 2 fully saturated rings. The second kappa shape index (κ2) is 9.52. The van der Waals surface area contributed by atoms with Crippen LogP contribution in [0.1, 0.15) is 44.1 Å². The van der Waals surface area contributed by atoms with Crippen molar-refractivity contribution in [3.05, 3.63) is 29.8 Å². The topological polar surface area (TPSA) is 76.4 Å². The highest BCUT2D eigenvalue weighted by atomic mass is 16.2. The maximum atomic E-state index is 12.7. The number of benzene rings is 1. The van der Waals surface area contributed by atoms with Crippen LogP contribution in [0.2, 0.25) is 0 Å². The van der Waals surface area contributed by atoms with Crippen LogP contribution in [0.4, 0.5) is 5.69 Å². The van der Waals surface area contributed by atoms with Gasteiger partial charge in [0.1, 0.15) is 0 Å². The number of amides is 2. The van der Waals surface area contributed by atoms with Gasteiger partial charge in [0.15, 0.2) is 0 Å². The van der Waals surface area contributed by atoms with Crippen LogP contribution in [0.25, 0.3) is 0 Å². The van der Waals surface area contributed by atoms with E-state index in [0.29, 0.717) is 23.7 Å². The van der Waals surface area contributed by atoms with Crippen LogP contribution in [0.3, 0.4) is 0 Å². The highest BCUT2D eigenvalue weighted by Crippen LogP contribution is 2.22. The van der Waals surface area contributed by atoms with Crippen molar-refractivity contribution in [3.8, 4) is 6.07 Å². The first-order valence-corrected chi connectivity index (χ1v) is 9.97. The van der Waals surface area contributed by atoms with E-state index in [1.807, 2.05) is 0 Å². The molecule has 1 N–H and O–H groups in total. The summed E-state index contributed by atoms with van der Waals surface area (Å²) in [6, 6.07) is 8.99. The van der Waals surface area contributed by atoms with E-state index in [0.717, 1.165) is 51.9 Å². The van der Waals surface area contributed by atoms with Crippen molar-refractivity contribution in [1.82, 2.24) is 9.80 Å². The maximum Gasteiger partial charge on any atom is 0.238 e. The smallest absolute Gasteiger partial charge is 0.238 e. The van der Waals surface area contributed by atoms with Gasteiger partial charge in [-0.25, -0.2) is 0 Å². The summed E-state index contributed by atoms with van der Waals surface area (Å²) in [7, 11) is 0. The van der Waals surface area contributed by atoms with E-state index >= 15 is 0 Å². The number of rotatable bonds is 4. The summed E-state index contributed by atoms with van der Waals surface area (Å²) in [4.78, 5) is 29.2. The average molecular weight is 368 g/mol. The average Bonchev–Trinajstić information content (AvgIpc) is 2.97. The minimum Gasteiger partial charge on any atom is -0.342 e. The largest absolute Gasteiger partial charge is 0.342 e. The molecule has 0 radical (unpaired) electrons. The normalized spacial score (nSPS) is 19.1. The van der Waals surface area contributed by atoms with Gasteiger partial charge in [0.25, 0.3) is 0 Å². The molecule has 0 spiro atoms. The highest BCUT2D eigenvalue weighted by molar-refractivity contribution is 5.92. The van der Waals surface area contributed by atoms with Crippen molar-refractivity contribution in [1.29, 1.82) is 5.26 Å². The number of carbonyl (C=O) groups excluding carboxylic acids is 2. The zero-order valence-electron chi connectivity index (χ0n) is 15.8. The Labute approximate surface area is 161 Å². The number of carbonyl (C=O) groups is 2. The Balaban J connectivity index is 1.44. The molecule has 2 aliphatic heterocycles. The zero-order valence-corrected chi connectivity index (χ0v) is 15.8. The van der Waals surface area contributed by atoms with Crippen LogP contribution in [-0.2, 0) is 9.59 Å². The quantitative estimate of drug-likeness (QED) is 0.886. The van der Waals surface area contributed by atoms with E-state index < -0.39 is 0 Å². The number of hydrogen-bond acceptors (Lipinski definition) is 4. The van der Waals surface area contributed by atoms with Crippen LogP contribution in [0.15, 0.2) is 24.3 Å². The van der Waals surface area contributed by atoms with Gasteiger partial charge in [-0.2, -0.15) is 5.26 Å². The molecule has 2 saturated heterocycles. The summed E-state index contributed by atoms with van der Waals surface area (Å²) in [5.41, 5.74) is 1.17. The number of nitriles is 1. The Morgan fingerprint density at radius 1 is 1.07 bits per heavy atom. The lowest BCUT2D eigenvalue weighted by atomic mass is 9.95. The fourth-order valence-electron chi connectivity index (χ4n) is 3.96.